The van der Waals surface area contributed by atoms with Crippen molar-refractivity contribution < 1.29 is 8.42 Å². The van der Waals surface area contributed by atoms with Crippen molar-refractivity contribution in [2.24, 2.45) is 0 Å². The minimum Gasteiger partial charge on any atom is -0.313 e. The SMILES string of the molecule is O=S1(=O)CCN(CC2=CCNCC2)CC1. The van der Waals surface area contributed by atoms with Crippen LogP contribution in [-0.4, -0.2) is 57.5 Å². The summed E-state index contributed by atoms with van der Waals surface area (Å²) >= 11 is 0. The molecule has 1 N–H and O–H groups in total. The van der Waals surface area contributed by atoms with Crippen LogP contribution in [0.3, 0.4) is 0 Å². The zero-order chi connectivity index (χ0) is 10.7. The summed E-state index contributed by atoms with van der Waals surface area (Å²) in [5.41, 5.74) is 1.45. The molecule has 4 nitrogen and oxygen atoms in total. The Kier molecular flexibility index (Phi) is 3.43. The second-order valence-electron chi connectivity index (χ2n) is 4.24. The highest BCUT2D eigenvalue weighted by Crippen LogP contribution is 2.10. The first-order chi connectivity index (χ1) is 7.16. The molecule has 0 aromatic carbocycles. The van der Waals surface area contributed by atoms with Gasteiger partial charge in [0.05, 0.1) is 11.5 Å². The van der Waals surface area contributed by atoms with Gasteiger partial charge in [-0.3, -0.25) is 4.90 Å². The van der Waals surface area contributed by atoms with E-state index in [-0.39, 0.29) is 0 Å². The molecular weight excluding hydrogens is 212 g/mol. The molecule has 0 bridgehead atoms. The van der Waals surface area contributed by atoms with Crippen molar-refractivity contribution in [2.75, 3.05) is 44.2 Å². The van der Waals surface area contributed by atoms with Crippen molar-refractivity contribution in [1.82, 2.24) is 10.2 Å². The molecule has 2 aliphatic rings. The fourth-order valence-corrected chi connectivity index (χ4v) is 3.29. The van der Waals surface area contributed by atoms with Gasteiger partial charge in [0.15, 0.2) is 9.84 Å². The van der Waals surface area contributed by atoms with Crippen LogP contribution in [0.4, 0.5) is 0 Å². The second-order valence-corrected chi connectivity index (χ2v) is 6.55. The first-order valence-electron chi connectivity index (χ1n) is 5.47. The molecular formula is C10H18N2O2S. The third-order valence-corrected chi connectivity index (χ3v) is 4.63. The summed E-state index contributed by atoms with van der Waals surface area (Å²) in [6.45, 7) is 4.37. The number of hydrogen-bond acceptors (Lipinski definition) is 4. The zero-order valence-electron chi connectivity index (χ0n) is 8.91. The Morgan fingerprint density at radius 3 is 2.67 bits per heavy atom. The van der Waals surface area contributed by atoms with Gasteiger partial charge >= 0.3 is 0 Å². The molecule has 1 saturated heterocycles. The van der Waals surface area contributed by atoms with Crippen LogP contribution in [0.1, 0.15) is 6.42 Å². The summed E-state index contributed by atoms with van der Waals surface area (Å²) in [6, 6.07) is 0. The summed E-state index contributed by atoms with van der Waals surface area (Å²) < 4.78 is 22.5. The first kappa shape index (κ1) is 11.1. The summed E-state index contributed by atoms with van der Waals surface area (Å²) in [5, 5.41) is 3.27. The van der Waals surface area contributed by atoms with Gasteiger partial charge in [-0.25, -0.2) is 8.42 Å². The molecule has 0 amide bonds. The van der Waals surface area contributed by atoms with Crippen LogP contribution < -0.4 is 5.32 Å². The maximum Gasteiger partial charge on any atom is 0.152 e. The Labute approximate surface area is 91.3 Å². The molecule has 0 atom stereocenters. The third kappa shape index (κ3) is 3.29. The van der Waals surface area contributed by atoms with Crippen molar-refractivity contribution in [2.45, 2.75) is 6.42 Å². The second kappa shape index (κ2) is 4.63. The van der Waals surface area contributed by atoms with E-state index >= 15 is 0 Å². The van der Waals surface area contributed by atoms with Crippen LogP contribution in [0.5, 0.6) is 0 Å². The third-order valence-electron chi connectivity index (χ3n) is 3.02. The molecule has 0 unspecified atom stereocenters. The molecule has 0 spiro atoms. The minimum atomic E-state index is -2.73. The highest BCUT2D eigenvalue weighted by atomic mass is 32.2. The molecule has 0 saturated carbocycles. The highest BCUT2D eigenvalue weighted by Gasteiger charge is 2.21. The molecule has 0 aromatic heterocycles. The lowest BCUT2D eigenvalue weighted by atomic mass is 10.1. The highest BCUT2D eigenvalue weighted by molar-refractivity contribution is 7.91. The van der Waals surface area contributed by atoms with E-state index in [2.05, 4.69) is 16.3 Å². The van der Waals surface area contributed by atoms with Gasteiger partial charge in [0, 0.05) is 26.2 Å². The molecule has 0 aliphatic carbocycles. The molecule has 0 radical (unpaired) electrons. The predicted molar refractivity (Wildman–Crippen MR) is 60.7 cm³/mol. The standard InChI is InChI=1S/C10H18N2O2S/c13-15(14)7-5-12(6-8-15)9-10-1-3-11-4-2-10/h1,11H,2-9H2. The van der Waals surface area contributed by atoms with E-state index in [0.717, 1.165) is 26.1 Å². The lowest BCUT2D eigenvalue weighted by Gasteiger charge is -2.28. The molecule has 0 aromatic rings. The first-order valence-corrected chi connectivity index (χ1v) is 7.29. The van der Waals surface area contributed by atoms with Gasteiger partial charge in [-0.15, -0.1) is 0 Å². The molecule has 2 aliphatic heterocycles. The van der Waals surface area contributed by atoms with Crippen LogP contribution in [0, 0.1) is 0 Å². The van der Waals surface area contributed by atoms with Gasteiger partial charge in [-0.2, -0.15) is 0 Å². The fourth-order valence-electron chi connectivity index (χ4n) is 2.01. The Bertz CT molecular complexity index is 334. The largest absolute Gasteiger partial charge is 0.313 e. The average molecular weight is 230 g/mol. The summed E-state index contributed by atoms with van der Waals surface area (Å²) in [4.78, 5) is 2.25. The maximum atomic E-state index is 11.2. The van der Waals surface area contributed by atoms with Crippen LogP contribution in [0.25, 0.3) is 0 Å². The predicted octanol–water partition coefficient (Wildman–Crippen LogP) is -0.363. The molecule has 86 valence electrons. The van der Waals surface area contributed by atoms with E-state index in [1.54, 1.807) is 0 Å². The summed E-state index contributed by atoms with van der Waals surface area (Å²) in [6.07, 6.45) is 3.33. The fraction of sp³-hybridized carbons (Fsp3) is 0.800. The van der Waals surface area contributed by atoms with Gasteiger partial charge in [0.25, 0.3) is 0 Å². The van der Waals surface area contributed by atoms with E-state index < -0.39 is 9.84 Å². The lowest BCUT2D eigenvalue weighted by Crippen LogP contribution is -2.41. The minimum absolute atomic E-state index is 0.332. The van der Waals surface area contributed by atoms with E-state index in [1.807, 2.05) is 0 Å². The Morgan fingerprint density at radius 1 is 1.33 bits per heavy atom. The number of sulfone groups is 1. The van der Waals surface area contributed by atoms with Gasteiger partial charge in [-0.05, 0) is 13.0 Å². The number of hydrogen-bond donors (Lipinski definition) is 1. The van der Waals surface area contributed by atoms with Gasteiger partial charge in [0.2, 0.25) is 0 Å². The molecule has 2 rings (SSSR count). The maximum absolute atomic E-state index is 11.2. The van der Waals surface area contributed by atoms with Crippen molar-refractivity contribution in [3.8, 4) is 0 Å². The van der Waals surface area contributed by atoms with Crippen LogP contribution in [0.2, 0.25) is 0 Å². The van der Waals surface area contributed by atoms with Crippen molar-refractivity contribution in [3.63, 3.8) is 0 Å². The van der Waals surface area contributed by atoms with Gasteiger partial charge in [-0.1, -0.05) is 11.6 Å². The molecule has 2 heterocycles. The summed E-state index contributed by atoms with van der Waals surface area (Å²) in [7, 11) is -2.73. The lowest BCUT2D eigenvalue weighted by molar-refractivity contribution is 0.315. The normalized spacial score (nSPS) is 27.3. The number of nitrogens with one attached hydrogen (secondary N) is 1. The van der Waals surface area contributed by atoms with Crippen LogP contribution in [-0.2, 0) is 9.84 Å². The Morgan fingerprint density at radius 2 is 2.07 bits per heavy atom. The van der Waals surface area contributed by atoms with Crippen LogP contribution in [0.15, 0.2) is 11.6 Å². The van der Waals surface area contributed by atoms with Gasteiger partial charge < -0.3 is 5.32 Å². The number of nitrogens with zero attached hydrogens (tertiary/aromatic N) is 1. The monoisotopic (exact) mass is 230 g/mol. The average Bonchev–Trinajstić information content (AvgIpc) is 2.23. The topological polar surface area (TPSA) is 49.4 Å². The van der Waals surface area contributed by atoms with Crippen molar-refractivity contribution in [1.29, 1.82) is 0 Å². The summed E-state index contributed by atoms with van der Waals surface area (Å²) in [5.74, 6) is 0.664. The smallest absolute Gasteiger partial charge is 0.152 e. The number of rotatable bonds is 2. The van der Waals surface area contributed by atoms with E-state index in [9.17, 15) is 8.42 Å². The van der Waals surface area contributed by atoms with E-state index in [1.165, 1.54) is 5.57 Å². The molecule has 15 heavy (non-hydrogen) atoms. The molecule has 1 fully saturated rings. The van der Waals surface area contributed by atoms with E-state index in [0.29, 0.717) is 24.6 Å². The quantitative estimate of drug-likeness (QED) is 0.658. The van der Waals surface area contributed by atoms with Gasteiger partial charge in [0.1, 0.15) is 0 Å². The Hall–Kier alpha value is -0.390. The molecule has 5 heteroatoms. The van der Waals surface area contributed by atoms with Crippen molar-refractivity contribution >= 4 is 9.84 Å². The van der Waals surface area contributed by atoms with Crippen molar-refractivity contribution in [3.05, 3.63) is 11.6 Å². The van der Waals surface area contributed by atoms with E-state index in [4.69, 9.17) is 0 Å². The van der Waals surface area contributed by atoms with Crippen LogP contribution >= 0.6 is 0 Å². The Balaban J connectivity index is 1.84. The zero-order valence-corrected chi connectivity index (χ0v) is 9.72.